The molecule has 0 aliphatic carbocycles. The minimum atomic E-state index is 0.265. The first-order chi connectivity index (χ1) is 6.16. The van der Waals surface area contributed by atoms with Crippen LogP contribution >= 0.6 is 0 Å². The summed E-state index contributed by atoms with van der Waals surface area (Å²) in [5.41, 5.74) is 0. The SMILES string of the molecule is CN1CC(N2CCN(C)C(=O)C2)C1. The second-order valence-electron chi connectivity index (χ2n) is 4.16. The Morgan fingerprint density at radius 1 is 1.23 bits per heavy atom. The van der Waals surface area contributed by atoms with Gasteiger partial charge in [0.1, 0.15) is 0 Å². The van der Waals surface area contributed by atoms with Gasteiger partial charge in [-0.2, -0.15) is 0 Å². The quantitative estimate of drug-likeness (QED) is 0.526. The fourth-order valence-corrected chi connectivity index (χ4v) is 1.99. The van der Waals surface area contributed by atoms with Gasteiger partial charge in [0.15, 0.2) is 0 Å². The van der Waals surface area contributed by atoms with E-state index < -0.39 is 0 Å². The zero-order valence-corrected chi connectivity index (χ0v) is 8.36. The molecule has 2 aliphatic rings. The smallest absolute Gasteiger partial charge is 0.236 e. The van der Waals surface area contributed by atoms with Crippen LogP contribution in [0, 0.1) is 0 Å². The second kappa shape index (κ2) is 3.27. The Bertz CT molecular complexity index is 213. The summed E-state index contributed by atoms with van der Waals surface area (Å²) in [4.78, 5) is 17.8. The van der Waals surface area contributed by atoms with E-state index in [0.717, 1.165) is 26.2 Å². The molecule has 13 heavy (non-hydrogen) atoms. The average molecular weight is 183 g/mol. The van der Waals surface area contributed by atoms with E-state index in [1.807, 2.05) is 11.9 Å². The lowest BCUT2D eigenvalue weighted by Crippen LogP contribution is -2.62. The molecule has 2 rings (SSSR count). The van der Waals surface area contributed by atoms with Crippen LogP contribution in [0.4, 0.5) is 0 Å². The van der Waals surface area contributed by atoms with Crippen LogP contribution in [-0.4, -0.2) is 73.5 Å². The molecule has 4 nitrogen and oxygen atoms in total. The topological polar surface area (TPSA) is 26.8 Å². The molecule has 0 unspecified atom stereocenters. The molecule has 0 saturated carbocycles. The van der Waals surface area contributed by atoms with Crippen LogP contribution in [0.15, 0.2) is 0 Å². The molecule has 0 atom stereocenters. The lowest BCUT2D eigenvalue weighted by molar-refractivity contribution is -0.137. The van der Waals surface area contributed by atoms with Crippen LogP contribution in [0.3, 0.4) is 0 Å². The zero-order chi connectivity index (χ0) is 9.42. The van der Waals surface area contributed by atoms with Crippen LogP contribution in [-0.2, 0) is 4.79 Å². The first kappa shape index (κ1) is 8.97. The first-order valence-corrected chi connectivity index (χ1v) is 4.83. The van der Waals surface area contributed by atoms with Crippen molar-refractivity contribution >= 4 is 5.91 Å². The molecule has 2 fully saturated rings. The molecule has 74 valence electrons. The van der Waals surface area contributed by atoms with Gasteiger partial charge in [-0.05, 0) is 7.05 Å². The molecule has 0 spiro atoms. The van der Waals surface area contributed by atoms with Gasteiger partial charge in [-0.15, -0.1) is 0 Å². The maximum atomic E-state index is 11.4. The molecule has 0 aromatic carbocycles. The lowest BCUT2D eigenvalue weighted by Gasteiger charge is -2.46. The summed E-state index contributed by atoms with van der Waals surface area (Å²) >= 11 is 0. The summed E-state index contributed by atoms with van der Waals surface area (Å²) in [6.45, 7) is 4.79. The van der Waals surface area contributed by atoms with Crippen LogP contribution < -0.4 is 0 Å². The average Bonchev–Trinajstić information content (AvgIpc) is 2.05. The van der Waals surface area contributed by atoms with E-state index in [9.17, 15) is 4.79 Å². The van der Waals surface area contributed by atoms with Crippen molar-refractivity contribution in [2.75, 3.05) is 46.8 Å². The third kappa shape index (κ3) is 1.69. The van der Waals surface area contributed by atoms with Gasteiger partial charge in [0, 0.05) is 39.3 Å². The van der Waals surface area contributed by atoms with Crippen molar-refractivity contribution in [3.8, 4) is 0 Å². The van der Waals surface area contributed by atoms with Gasteiger partial charge in [-0.3, -0.25) is 9.69 Å². The van der Waals surface area contributed by atoms with E-state index in [4.69, 9.17) is 0 Å². The first-order valence-electron chi connectivity index (χ1n) is 4.83. The third-order valence-corrected chi connectivity index (χ3v) is 3.05. The number of carbonyl (C=O) groups is 1. The van der Waals surface area contributed by atoms with E-state index in [0.29, 0.717) is 12.6 Å². The number of hydrogen-bond acceptors (Lipinski definition) is 3. The van der Waals surface area contributed by atoms with Crippen molar-refractivity contribution < 1.29 is 4.79 Å². The molecular formula is C9H17N3O. The third-order valence-electron chi connectivity index (χ3n) is 3.05. The Balaban J connectivity index is 1.85. The van der Waals surface area contributed by atoms with Crippen LogP contribution in [0.1, 0.15) is 0 Å². The summed E-state index contributed by atoms with van der Waals surface area (Å²) < 4.78 is 0. The maximum absolute atomic E-state index is 11.4. The van der Waals surface area contributed by atoms with Crippen LogP contribution in [0.2, 0.25) is 0 Å². The number of nitrogens with zero attached hydrogens (tertiary/aromatic N) is 3. The Kier molecular flexibility index (Phi) is 2.26. The zero-order valence-electron chi connectivity index (χ0n) is 8.36. The molecule has 0 aromatic rings. The number of hydrogen-bond donors (Lipinski definition) is 0. The van der Waals surface area contributed by atoms with E-state index in [1.54, 1.807) is 0 Å². The second-order valence-corrected chi connectivity index (χ2v) is 4.16. The number of likely N-dealkylation sites (N-methyl/N-ethyl adjacent to an activating group) is 2. The molecular weight excluding hydrogens is 166 g/mol. The van der Waals surface area contributed by atoms with Crippen molar-refractivity contribution in [2.24, 2.45) is 0 Å². The van der Waals surface area contributed by atoms with Gasteiger partial charge in [-0.25, -0.2) is 0 Å². The number of likely N-dealkylation sites (tertiary alicyclic amines) is 1. The Morgan fingerprint density at radius 2 is 1.92 bits per heavy atom. The van der Waals surface area contributed by atoms with Crippen LogP contribution in [0.5, 0.6) is 0 Å². The summed E-state index contributed by atoms with van der Waals surface area (Å²) in [7, 11) is 4.00. The molecule has 2 saturated heterocycles. The highest BCUT2D eigenvalue weighted by atomic mass is 16.2. The van der Waals surface area contributed by atoms with Crippen LogP contribution in [0.25, 0.3) is 0 Å². The van der Waals surface area contributed by atoms with Gasteiger partial charge in [0.25, 0.3) is 0 Å². The van der Waals surface area contributed by atoms with Gasteiger partial charge in [-0.1, -0.05) is 0 Å². The predicted molar refractivity (Wildman–Crippen MR) is 50.5 cm³/mol. The number of amides is 1. The highest BCUT2D eigenvalue weighted by Crippen LogP contribution is 2.14. The van der Waals surface area contributed by atoms with Crippen molar-refractivity contribution in [1.29, 1.82) is 0 Å². The van der Waals surface area contributed by atoms with Gasteiger partial charge in [0.2, 0.25) is 5.91 Å². The minimum Gasteiger partial charge on any atom is -0.343 e. The normalized spacial score (nSPS) is 27.8. The summed E-state index contributed by atoms with van der Waals surface area (Å²) in [5, 5.41) is 0. The fourth-order valence-electron chi connectivity index (χ4n) is 1.99. The fraction of sp³-hybridized carbons (Fsp3) is 0.889. The maximum Gasteiger partial charge on any atom is 0.236 e. The molecule has 0 aromatic heterocycles. The Labute approximate surface area is 79.1 Å². The van der Waals surface area contributed by atoms with E-state index in [1.165, 1.54) is 0 Å². The van der Waals surface area contributed by atoms with Crippen molar-refractivity contribution in [3.05, 3.63) is 0 Å². The van der Waals surface area contributed by atoms with E-state index in [2.05, 4.69) is 16.8 Å². The molecule has 0 radical (unpaired) electrons. The molecule has 0 bridgehead atoms. The van der Waals surface area contributed by atoms with E-state index >= 15 is 0 Å². The number of rotatable bonds is 1. The number of piperazine rings is 1. The van der Waals surface area contributed by atoms with Crippen molar-refractivity contribution in [3.63, 3.8) is 0 Å². The van der Waals surface area contributed by atoms with Gasteiger partial charge < -0.3 is 9.80 Å². The molecule has 0 N–H and O–H groups in total. The summed E-state index contributed by atoms with van der Waals surface area (Å²) in [6, 6.07) is 0.627. The standard InChI is InChI=1S/C9H17N3O/c1-10-5-8(6-10)12-4-3-11(2)9(13)7-12/h8H,3-7H2,1-2H3. The Hall–Kier alpha value is -0.610. The minimum absolute atomic E-state index is 0.265. The molecule has 2 aliphatic heterocycles. The summed E-state index contributed by atoms with van der Waals surface area (Å²) in [5.74, 6) is 0.265. The number of carbonyl (C=O) groups excluding carboxylic acids is 1. The molecule has 2 heterocycles. The monoisotopic (exact) mass is 183 g/mol. The summed E-state index contributed by atoms with van der Waals surface area (Å²) in [6.07, 6.45) is 0. The Morgan fingerprint density at radius 3 is 2.46 bits per heavy atom. The highest BCUT2D eigenvalue weighted by Gasteiger charge is 2.33. The van der Waals surface area contributed by atoms with E-state index in [-0.39, 0.29) is 5.91 Å². The van der Waals surface area contributed by atoms with Gasteiger partial charge in [0.05, 0.1) is 6.54 Å². The van der Waals surface area contributed by atoms with Crippen molar-refractivity contribution in [2.45, 2.75) is 6.04 Å². The molecule has 4 heteroatoms. The predicted octanol–water partition coefficient (Wildman–Crippen LogP) is -0.926. The van der Waals surface area contributed by atoms with Crippen molar-refractivity contribution in [1.82, 2.24) is 14.7 Å². The largest absolute Gasteiger partial charge is 0.343 e. The lowest BCUT2D eigenvalue weighted by atomic mass is 10.1. The highest BCUT2D eigenvalue weighted by molar-refractivity contribution is 5.78. The van der Waals surface area contributed by atoms with Gasteiger partial charge >= 0.3 is 0 Å². The molecule has 1 amide bonds.